The van der Waals surface area contributed by atoms with Crippen molar-refractivity contribution in [3.8, 4) is 0 Å². The van der Waals surface area contributed by atoms with E-state index >= 15 is 0 Å². The summed E-state index contributed by atoms with van der Waals surface area (Å²) in [5.74, 6) is 1.01. The lowest BCUT2D eigenvalue weighted by atomic mass is 9.83. The predicted octanol–water partition coefficient (Wildman–Crippen LogP) is 4.63. The van der Waals surface area contributed by atoms with Crippen molar-refractivity contribution < 1.29 is 0 Å². The highest BCUT2D eigenvalue weighted by Gasteiger charge is 2.21. The Morgan fingerprint density at radius 1 is 1.33 bits per heavy atom. The Hall–Kier alpha value is -0.340. The SMILES string of the molecule is CCCC1CCC(NC(C)Cc2ccsc2)CC1. The maximum absolute atomic E-state index is 3.82. The van der Waals surface area contributed by atoms with E-state index in [4.69, 9.17) is 0 Å². The lowest BCUT2D eigenvalue weighted by Gasteiger charge is -2.31. The molecule has 2 heteroatoms. The first kappa shape index (κ1) is 14.1. The third-order valence-electron chi connectivity index (χ3n) is 4.19. The molecule has 1 saturated carbocycles. The van der Waals surface area contributed by atoms with Gasteiger partial charge in [0.2, 0.25) is 0 Å². The molecule has 1 nitrogen and oxygen atoms in total. The minimum atomic E-state index is 0.618. The Kier molecular flexibility index (Phi) is 5.71. The molecule has 0 bridgehead atoms. The van der Waals surface area contributed by atoms with Crippen LogP contribution in [0.1, 0.15) is 57.9 Å². The minimum absolute atomic E-state index is 0.618. The zero-order valence-corrected chi connectivity index (χ0v) is 12.6. The van der Waals surface area contributed by atoms with Crippen molar-refractivity contribution in [3.63, 3.8) is 0 Å². The summed E-state index contributed by atoms with van der Waals surface area (Å²) >= 11 is 1.81. The lowest BCUT2D eigenvalue weighted by Crippen LogP contribution is -2.40. The molecule has 1 aliphatic rings. The third-order valence-corrected chi connectivity index (χ3v) is 4.92. The summed E-state index contributed by atoms with van der Waals surface area (Å²) in [6, 6.07) is 3.64. The molecule has 1 aromatic rings. The van der Waals surface area contributed by atoms with Gasteiger partial charge in [-0.25, -0.2) is 0 Å². The van der Waals surface area contributed by atoms with Crippen LogP contribution < -0.4 is 5.32 Å². The van der Waals surface area contributed by atoms with Gasteiger partial charge in [0.15, 0.2) is 0 Å². The molecule has 102 valence electrons. The van der Waals surface area contributed by atoms with E-state index < -0.39 is 0 Å². The first-order valence-corrected chi connectivity index (χ1v) is 8.49. The molecule has 0 aliphatic heterocycles. The monoisotopic (exact) mass is 265 g/mol. The van der Waals surface area contributed by atoms with E-state index in [1.54, 1.807) is 11.3 Å². The highest BCUT2D eigenvalue weighted by Crippen LogP contribution is 2.28. The van der Waals surface area contributed by atoms with Crippen molar-refractivity contribution in [3.05, 3.63) is 22.4 Å². The van der Waals surface area contributed by atoms with E-state index in [0.717, 1.165) is 12.0 Å². The van der Waals surface area contributed by atoms with E-state index in [2.05, 4.69) is 36.0 Å². The zero-order valence-electron chi connectivity index (χ0n) is 11.8. The maximum Gasteiger partial charge on any atom is 0.00820 e. The highest BCUT2D eigenvalue weighted by atomic mass is 32.1. The van der Waals surface area contributed by atoms with E-state index in [1.165, 1.54) is 50.5 Å². The van der Waals surface area contributed by atoms with Crippen LogP contribution in [0.2, 0.25) is 0 Å². The summed E-state index contributed by atoms with van der Waals surface area (Å²) in [6.07, 6.45) is 9.64. The van der Waals surface area contributed by atoms with Gasteiger partial charge in [0.25, 0.3) is 0 Å². The van der Waals surface area contributed by atoms with Crippen LogP contribution in [-0.2, 0) is 6.42 Å². The first-order valence-electron chi connectivity index (χ1n) is 7.55. The van der Waals surface area contributed by atoms with Gasteiger partial charge in [-0.05, 0) is 67.3 Å². The van der Waals surface area contributed by atoms with Gasteiger partial charge in [-0.2, -0.15) is 11.3 Å². The molecule has 0 radical (unpaired) electrons. The normalized spacial score (nSPS) is 26.1. The molecule has 1 aromatic heterocycles. The predicted molar refractivity (Wildman–Crippen MR) is 81.3 cm³/mol. The van der Waals surface area contributed by atoms with Crippen LogP contribution in [0, 0.1) is 5.92 Å². The number of hydrogen-bond donors (Lipinski definition) is 1. The first-order chi connectivity index (χ1) is 8.78. The molecule has 0 amide bonds. The van der Waals surface area contributed by atoms with Crippen molar-refractivity contribution in [2.24, 2.45) is 5.92 Å². The largest absolute Gasteiger partial charge is 0.311 e. The maximum atomic E-state index is 3.82. The van der Waals surface area contributed by atoms with Crippen LogP contribution in [-0.4, -0.2) is 12.1 Å². The highest BCUT2D eigenvalue weighted by molar-refractivity contribution is 7.07. The standard InChI is InChI=1S/C16H27NS/c1-3-4-14-5-7-16(8-6-14)17-13(2)11-15-9-10-18-12-15/h9-10,12-14,16-17H,3-8,11H2,1-2H3. The molecule has 0 aromatic carbocycles. The number of rotatable bonds is 6. The molecular weight excluding hydrogens is 238 g/mol. The fraction of sp³-hybridized carbons (Fsp3) is 0.750. The molecule has 1 N–H and O–H groups in total. The Bertz CT molecular complexity index is 312. The molecular formula is C16H27NS. The third kappa shape index (κ3) is 4.40. The molecule has 1 unspecified atom stereocenters. The van der Waals surface area contributed by atoms with E-state index in [1.807, 2.05) is 0 Å². The van der Waals surface area contributed by atoms with Crippen molar-refractivity contribution in [1.29, 1.82) is 0 Å². The average Bonchev–Trinajstić information content (AvgIpc) is 2.84. The Morgan fingerprint density at radius 2 is 2.11 bits per heavy atom. The molecule has 0 spiro atoms. The van der Waals surface area contributed by atoms with Gasteiger partial charge in [-0.1, -0.05) is 19.8 Å². The van der Waals surface area contributed by atoms with E-state index in [9.17, 15) is 0 Å². The smallest absolute Gasteiger partial charge is 0.00820 e. The minimum Gasteiger partial charge on any atom is -0.311 e. The quantitative estimate of drug-likeness (QED) is 0.791. The van der Waals surface area contributed by atoms with E-state index in [0.29, 0.717) is 6.04 Å². The number of thiophene rings is 1. The van der Waals surface area contributed by atoms with Crippen LogP contribution in [0.15, 0.2) is 16.8 Å². The van der Waals surface area contributed by atoms with Crippen molar-refractivity contribution >= 4 is 11.3 Å². The summed E-state index contributed by atoms with van der Waals surface area (Å²) in [5, 5.41) is 8.28. The zero-order chi connectivity index (χ0) is 12.8. The summed E-state index contributed by atoms with van der Waals surface area (Å²) in [7, 11) is 0. The van der Waals surface area contributed by atoms with Gasteiger partial charge in [-0.15, -0.1) is 0 Å². The second-order valence-electron chi connectivity index (χ2n) is 5.91. The fourth-order valence-corrected chi connectivity index (χ4v) is 3.93. The van der Waals surface area contributed by atoms with Gasteiger partial charge in [-0.3, -0.25) is 0 Å². The molecule has 1 fully saturated rings. The number of hydrogen-bond acceptors (Lipinski definition) is 2. The fourth-order valence-electron chi connectivity index (χ4n) is 3.25. The van der Waals surface area contributed by atoms with Crippen LogP contribution in [0.5, 0.6) is 0 Å². The lowest BCUT2D eigenvalue weighted by molar-refractivity contribution is 0.265. The Morgan fingerprint density at radius 3 is 2.72 bits per heavy atom. The second-order valence-corrected chi connectivity index (χ2v) is 6.69. The molecule has 0 saturated heterocycles. The van der Waals surface area contributed by atoms with Gasteiger partial charge < -0.3 is 5.32 Å². The molecule has 1 atom stereocenters. The van der Waals surface area contributed by atoms with Crippen molar-refractivity contribution in [1.82, 2.24) is 5.32 Å². The van der Waals surface area contributed by atoms with Gasteiger partial charge in [0.05, 0.1) is 0 Å². The van der Waals surface area contributed by atoms with E-state index in [-0.39, 0.29) is 0 Å². The van der Waals surface area contributed by atoms with Gasteiger partial charge in [0, 0.05) is 12.1 Å². The second kappa shape index (κ2) is 7.30. The van der Waals surface area contributed by atoms with Gasteiger partial charge >= 0.3 is 0 Å². The number of nitrogens with one attached hydrogen (secondary N) is 1. The van der Waals surface area contributed by atoms with Crippen molar-refractivity contribution in [2.75, 3.05) is 0 Å². The van der Waals surface area contributed by atoms with Crippen LogP contribution in [0.4, 0.5) is 0 Å². The topological polar surface area (TPSA) is 12.0 Å². The van der Waals surface area contributed by atoms with Gasteiger partial charge in [0.1, 0.15) is 0 Å². The summed E-state index contributed by atoms with van der Waals surface area (Å²) < 4.78 is 0. The summed E-state index contributed by atoms with van der Waals surface area (Å²) in [5.41, 5.74) is 1.49. The Balaban J connectivity index is 1.68. The van der Waals surface area contributed by atoms with Crippen LogP contribution in [0.25, 0.3) is 0 Å². The molecule has 18 heavy (non-hydrogen) atoms. The summed E-state index contributed by atoms with van der Waals surface area (Å²) in [6.45, 7) is 4.64. The average molecular weight is 265 g/mol. The Labute approximate surface area is 116 Å². The molecule has 2 rings (SSSR count). The summed E-state index contributed by atoms with van der Waals surface area (Å²) in [4.78, 5) is 0. The van der Waals surface area contributed by atoms with Crippen molar-refractivity contribution in [2.45, 2.75) is 70.9 Å². The van der Waals surface area contributed by atoms with Crippen LogP contribution >= 0.6 is 11.3 Å². The molecule has 1 aliphatic carbocycles. The van der Waals surface area contributed by atoms with Crippen LogP contribution in [0.3, 0.4) is 0 Å². The molecule has 1 heterocycles.